The zero-order chi connectivity index (χ0) is 18.5. The molecule has 2 aromatic rings. The van der Waals surface area contributed by atoms with Crippen molar-refractivity contribution in [2.24, 2.45) is 5.16 Å². The van der Waals surface area contributed by atoms with Gasteiger partial charge < -0.3 is 19.2 Å². The van der Waals surface area contributed by atoms with Crippen LogP contribution in [0.4, 0.5) is 0 Å². The highest BCUT2D eigenvalue weighted by Gasteiger charge is 2.32. The van der Waals surface area contributed by atoms with Crippen molar-refractivity contribution in [3.63, 3.8) is 0 Å². The summed E-state index contributed by atoms with van der Waals surface area (Å²) < 4.78 is 10.7. The van der Waals surface area contributed by atoms with Crippen LogP contribution in [0.2, 0.25) is 0 Å². The molecule has 0 aromatic heterocycles. The first-order chi connectivity index (χ1) is 12.6. The molecule has 0 aliphatic carbocycles. The van der Waals surface area contributed by atoms with Crippen LogP contribution in [0.25, 0.3) is 0 Å². The maximum absolute atomic E-state index is 12.7. The second kappa shape index (κ2) is 7.91. The van der Waals surface area contributed by atoms with E-state index in [0.29, 0.717) is 30.2 Å². The van der Waals surface area contributed by atoms with Crippen molar-refractivity contribution in [1.82, 2.24) is 4.90 Å². The quantitative estimate of drug-likeness (QED) is 0.800. The van der Waals surface area contributed by atoms with Gasteiger partial charge in [-0.1, -0.05) is 35.5 Å². The summed E-state index contributed by atoms with van der Waals surface area (Å²) in [6.07, 6.45) is -0.240. The van der Waals surface area contributed by atoms with E-state index in [2.05, 4.69) is 5.16 Å². The van der Waals surface area contributed by atoms with Gasteiger partial charge >= 0.3 is 0 Å². The summed E-state index contributed by atoms with van der Waals surface area (Å²) in [6, 6.07) is 15.3. The topological polar surface area (TPSA) is 60.4 Å². The van der Waals surface area contributed by atoms with E-state index in [1.54, 1.807) is 26.2 Å². The van der Waals surface area contributed by atoms with Crippen molar-refractivity contribution in [2.75, 3.05) is 21.3 Å². The first kappa shape index (κ1) is 17.8. The summed E-state index contributed by atoms with van der Waals surface area (Å²) in [5, 5.41) is 4.12. The highest BCUT2D eigenvalue weighted by Crippen LogP contribution is 2.29. The van der Waals surface area contributed by atoms with Gasteiger partial charge in [-0.25, -0.2) is 0 Å². The highest BCUT2D eigenvalue weighted by atomic mass is 16.6. The van der Waals surface area contributed by atoms with E-state index < -0.39 is 6.10 Å². The Labute approximate surface area is 153 Å². The minimum absolute atomic E-state index is 0.102. The lowest BCUT2D eigenvalue weighted by molar-refractivity contribution is -0.141. The fourth-order valence-corrected chi connectivity index (χ4v) is 2.89. The number of likely N-dealkylation sites (N-methyl/N-ethyl adjacent to an activating group) is 1. The Kier molecular flexibility index (Phi) is 5.41. The van der Waals surface area contributed by atoms with E-state index in [1.807, 2.05) is 48.5 Å². The summed E-state index contributed by atoms with van der Waals surface area (Å²) in [6.45, 7) is 0.525. The number of hydrogen-bond acceptors (Lipinski definition) is 5. The third-order valence-corrected chi connectivity index (χ3v) is 4.30. The summed E-state index contributed by atoms with van der Waals surface area (Å²) in [5.41, 5.74) is 2.51. The monoisotopic (exact) mass is 354 g/mol. The molecule has 1 aliphatic heterocycles. The average Bonchev–Trinajstić information content (AvgIpc) is 3.17. The van der Waals surface area contributed by atoms with Crippen molar-refractivity contribution >= 4 is 11.6 Å². The number of carbonyl (C=O) groups is 1. The van der Waals surface area contributed by atoms with E-state index in [4.69, 9.17) is 14.3 Å². The number of amides is 1. The van der Waals surface area contributed by atoms with Crippen LogP contribution in [-0.2, 0) is 16.2 Å². The molecule has 6 nitrogen and oxygen atoms in total. The summed E-state index contributed by atoms with van der Waals surface area (Å²) >= 11 is 0. The third kappa shape index (κ3) is 3.79. The predicted molar refractivity (Wildman–Crippen MR) is 98.5 cm³/mol. The molecular formula is C20H22N2O4. The van der Waals surface area contributed by atoms with Gasteiger partial charge in [0.15, 0.2) is 0 Å². The second-order valence-electron chi connectivity index (χ2n) is 6.08. The zero-order valence-electron chi connectivity index (χ0n) is 15.1. The second-order valence-corrected chi connectivity index (χ2v) is 6.08. The van der Waals surface area contributed by atoms with Gasteiger partial charge in [0.25, 0.3) is 5.91 Å². The lowest BCUT2D eigenvalue weighted by Crippen LogP contribution is -2.36. The Hall–Kier alpha value is -3.02. The van der Waals surface area contributed by atoms with E-state index in [9.17, 15) is 4.79 Å². The fraction of sp³-hybridized carbons (Fsp3) is 0.300. The Morgan fingerprint density at radius 2 is 1.96 bits per heavy atom. The van der Waals surface area contributed by atoms with Crippen LogP contribution >= 0.6 is 0 Å². The van der Waals surface area contributed by atoms with Crippen molar-refractivity contribution < 1.29 is 19.1 Å². The summed E-state index contributed by atoms with van der Waals surface area (Å²) in [7, 11) is 4.96. The lowest BCUT2D eigenvalue weighted by atomic mass is 10.0. The largest absolute Gasteiger partial charge is 0.497 e. The minimum Gasteiger partial charge on any atom is -0.497 e. The maximum Gasteiger partial charge on any atom is 0.266 e. The molecule has 6 heteroatoms. The number of oxime groups is 1. The minimum atomic E-state index is -0.630. The summed E-state index contributed by atoms with van der Waals surface area (Å²) in [5.74, 6) is 1.26. The first-order valence-electron chi connectivity index (χ1n) is 8.36. The fourth-order valence-electron chi connectivity index (χ4n) is 2.89. The standard InChI is InChI=1S/C20H22N2O4/c1-22(13-14-7-5-4-6-8-14)20(23)19-12-17(21-26-19)16-11-15(24-2)9-10-18(16)25-3/h4-11,19H,12-13H2,1-3H3/t19-/m1/s1. The lowest BCUT2D eigenvalue weighted by Gasteiger charge is -2.20. The average molecular weight is 354 g/mol. The third-order valence-electron chi connectivity index (χ3n) is 4.30. The molecular weight excluding hydrogens is 332 g/mol. The normalized spacial score (nSPS) is 15.8. The van der Waals surface area contributed by atoms with Crippen LogP contribution in [0.1, 0.15) is 17.5 Å². The van der Waals surface area contributed by atoms with E-state index >= 15 is 0 Å². The molecule has 0 spiro atoms. The molecule has 0 saturated heterocycles. The Morgan fingerprint density at radius 3 is 2.65 bits per heavy atom. The van der Waals surface area contributed by atoms with E-state index in [-0.39, 0.29) is 5.91 Å². The van der Waals surface area contributed by atoms with Crippen LogP contribution in [0.5, 0.6) is 11.5 Å². The Bertz CT molecular complexity index is 805. The van der Waals surface area contributed by atoms with Crippen molar-refractivity contribution in [2.45, 2.75) is 19.1 Å². The van der Waals surface area contributed by atoms with Gasteiger partial charge in [0.1, 0.15) is 11.5 Å². The van der Waals surface area contributed by atoms with Gasteiger partial charge in [0.2, 0.25) is 6.10 Å². The Morgan fingerprint density at radius 1 is 1.19 bits per heavy atom. The number of nitrogens with zero attached hydrogens (tertiary/aromatic N) is 2. The molecule has 0 saturated carbocycles. The molecule has 2 aromatic carbocycles. The van der Waals surface area contributed by atoms with Crippen molar-refractivity contribution in [3.8, 4) is 11.5 Å². The number of carbonyl (C=O) groups excluding carboxylic acids is 1. The summed E-state index contributed by atoms with van der Waals surface area (Å²) in [4.78, 5) is 19.7. The van der Waals surface area contributed by atoms with Crippen LogP contribution in [0.3, 0.4) is 0 Å². The molecule has 1 amide bonds. The van der Waals surface area contributed by atoms with Crippen LogP contribution in [0, 0.1) is 0 Å². The van der Waals surface area contributed by atoms with Crippen molar-refractivity contribution in [3.05, 3.63) is 59.7 Å². The molecule has 0 fully saturated rings. The van der Waals surface area contributed by atoms with Gasteiger partial charge in [-0.2, -0.15) is 0 Å². The zero-order valence-corrected chi connectivity index (χ0v) is 15.1. The van der Waals surface area contributed by atoms with Gasteiger partial charge in [0, 0.05) is 25.6 Å². The molecule has 0 bridgehead atoms. The predicted octanol–water partition coefficient (Wildman–Crippen LogP) is 2.86. The van der Waals surface area contributed by atoms with E-state index in [0.717, 1.165) is 11.1 Å². The van der Waals surface area contributed by atoms with Gasteiger partial charge in [-0.3, -0.25) is 4.79 Å². The van der Waals surface area contributed by atoms with Crippen LogP contribution in [0.15, 0.2) is 53.7 Å². The number of ether oxygens (including phenoxy) is 2. The molecule has 1 atom stereocenters. The van der Waals surface area contributed by atoms with Gasteiger partial charge in [0.05, 0.1) is 19.9 Å². The molecule has 0 radical (unpaired) electrons. The molecule has 0 N–H and O–H groups in total. The maximum atomic E-state index is 12.7. The molecule has 3 rings (SSSR count). The SMILES string of the molecule is COc1ccc(OC)c(C2=NO[C@@H](C(=O)N(C)Cc3ccccc3)C2)c1. The molecule has 1 aliphatic rings. The van der Waals surface area contributed by atoms with Gasteiger partial charge in [-0.15, -0.1) is 0 Å². The molecule has 0 unspecified atom stereocenters. The van der Waals surface area contributed by atoms with Crippen LogP contribution in [-0.4, -0.2) is 43.9 Å². The number of hydrogen-bond donors (Lipinski definition) is 0. The Balaban J connectivity index is 1.69. The smallest absolute Gasteiger partial charge is 0.266 e. The number of benzene rings is 2. The molecule has 26 heavy (non-hydrogen) atoms. The number of rotatable bonds is 6. The van der Waals surface area contributed by atoms with Crippen LogP contribution < -0.4 is 9.47 Å². The number of methoxy groups -OCH3 is 2. The molecule has 1 heterocycles. The van der Waals surface area contributed by atoms with Gasteiger partial charge in [-0.05, 0) is 23.8 Å². The molecule has 136 valence electrons. The highest BCUT2D eigenvalue weighted by molar-refractivity contribution is 6.06. The van der Waals surface area contributed by atoms with E-state index in [1.165, 1.54) is 0 Å². The first-order valence-corrected chi connectivity index (χ1v) is 8.36. The van der Waals surface area contributed by atoms with Crippen molar-refractivity contribution in [1.29, 1.82) is 0 Å².